The Morgan fingerprint density at radius 1 is 1.35 bits per heavy atom. The molecule has 1 aliphatic rings. The third-order valence-electron chi connectivity index (χ3n) is 4.43. The number of hydrogen-bond acceptors (Lipinski definition) is 4. The molecule has 5 nitrogen and oxygen atoms in total. The number of halogens is 1. The van der Waals surface area contributed by atoms with Crippen molar-refractivity contribution in [2.24, 2.45) is 0 Å². The molecular weight excluding hydrogens is 316 g/mol. The van der Waals surface area contributed by atoms with Crippen molar-refractivity contribution in [3.63, 3.8) is 0 Å². The van der Waals surface area contributed by atoms with Crippen LogP contribution >= 0.6 is 11.6 Å². The Labute approximate surface area is 142 Å². The zero-order valence-electron chi connectivity index (χ0n) is 14.0. The standard InChI is InChI=1S/C17H25ClN2O3/c1-17(2,12-23-3)20-9-7-19(8-10-20)15(16(21)22)13-5-4-6-14(18)11-13/h4-6,11,15H,7-10,12H2,1-3H3,(H,21,22). The molecule has 1 aromatic carbocycles. The fourth-order valence-electron chi connectivity index (χ4n) is 3.22. The average Bonchev–Trinajstić information content (AvgIpc) is 2.47. The van der Waals surface area contributed by atoms with E-state index in [4.69, 9.17) is 16.3 Å². The van der Waals surface area contributed by atoms with Crippen molar-refractivity contribution in [3.8, 4) is 0 Å². The highest BCUT2D eigenvalue weighted by atomic mass is 35.5. The first-order valence-electron chi connectivity index (χ1n) is 7.81. The monoisotopic (exact) mass is 340 g/mol. The highest BCUT2D eigenvalue weighted by Crippen LogP contribution is 2.26. The predicted octanol–water partition coefficient (Wildman–Crippen LogP) is 2.51. The van der Waals surface area contributed by atoms with E-state index in [-0.39, 0.29) is 5.54 Å². The number of ether oxygens (including phenoxy) is 1. The second-order valence-electron chi connectivity index (χ2n) is 6.56. The van der Waals surface area contributed by atoms with Crippen LogP contribution < -0.4 is 0 Å². The number of benzene rings is 1. The molecular formula is C17H25ClN2O3. The van der Waals surface area contributed by atoms with E-state index in [0.29, 0.717) is 24.7 Å². The average molecular weight is 341 g/mol. The van der Waals surface area contributed by atoms with Gasteiger partial charge >= 0.3 is 5.97 Å². The fraction of sp³-hybridized carbons (Fsp3) is 0.588. The number of methoxy groups -OCH3 is 1. The van der Waals surface area contributed by atoms with Crippen LogP contribution in [0, 0.1) is 0 Å². The van der Waals surface area contributed by atoms with Gasteiger partial charge in [0.05, 0.1) is 6.61 Å². The lowest BCUT2D eigenvalue weighted by Crippen LogP contribution is -2.57. The number of carbonyl (C=O) groups is 1. The molecule has 1 unspecified atom stereocenters. The first-order valence-corrected chi connectivity index (χ1v) is 8.19. The normalized spacial score (nSPS) is 18.8. The highest BCUT2D eigenvalue weighted by Gasteiger charge is 2.34. The quantitative estimate of drug-likeness (QED) is 0.862. The van der Waals surface area contributed by atoms with E-state index >= 15 is 0 Å². The lowest BCUT2D eigenvalue weighted by Gasteiger charge is -2.45. The molecule has 0 amide bonds. The lowest BCUT2D eigenvalue weighted by molar-refractivity contribution is -0.144. The largest absolute Gasteiger partial charge is 0.480 e. The van der Waals surface area contributed by atoms with Crippen LogP contribution in [-0.4, -0.2) is 66.3 Å². The molecule has 6 heteroatoms. The van der Waals surface area contributed by atoms with Crippen molar-refractivity contribution in [1.82, 2.24) is 9.80 Å². The third-order valence-corrected chi connectivity index (χ3v) is 4.67. The fourth-order valence-corrected chi connectivity index (χ4v) is 3.41. The molecule has 0 aliphatic carbocycles. The van der Waals surface area contributed by atoms with Gasteiger partial charge in [-0.15, -0.1) is 0 Å². The second-order valence-corrected chi connectivity index (χ2v) is 7.00. The molecule has 0 saturated carbocycles. The molecule has 0 aromatic heterocycles. The zero-order chi connectivity index (χ0) is 17.0. The number of piperazine rings is 1. The van der Waals surface area contributed by atoms with Gasteiger partial charge in [-0.3, -0.25) is 14.6 Å². The molecule has 0 radical (unpaired) electrons. The highest BCUT2D eigenvalue weighted by molar-refractivity contribution is 6.30. The molecule has 0 bridgehead atoms. The van der Waals surface area contributed by atoms with Gasteiger partial charge < -0.3 is 9.84 Å². The molecule has 1 saturated heterocycles. The maximum absolute atomic E-state index is 11.8. The third kappa shape index (κ3) is 4.44. The van der Waals surface area contributed by atoms with E-state index in [1.165, 1.54) is 0 Å². The van der Waals surface area contributed by atoms with E-state index in [1.54, 1.807) is 25.3 Å². The van der Waals surface area contributed by atoms with Gasteiger partial charge in [0.15, 0.2) is 0 Å². The molecule has 1 fully saturated rings. The smallest absolute Gasteiger partial charge is 0.325 e. The summed E-state index contributed by atoms with van der Waals surface area (Å²) in [7, 11) is 1.71. The van der Waals surface area contributed by atoms with Crippen molar-refractivity contribution < 1.29 is 14.6 Å². The Morgan fingerprint density at radius 2 is 2.00 bits per heavy atom. The second kappa shape index (κ2) is 7.62. The number of carboxylic acid groups (broad SMARTS) is 1. The van der Waals surface area contributed by atoms with Gasteiger partial charge in [0.25, 0.3) is 0 Å². The van der Waals surface area contributed by atoms with Gasteiger partial charge in [0.2, 0.25) is 0 Å². The molecule has 1 aliphatic heterocycles. The Balaban J connectivity index is 2.08. The van der Waals surface area contributed by atoms with Crippen molar-refractivity contribution in [3.05, 3.63) is 34.9 Å². The van der Waals surface area contributed by atoms with E-state index in [2.05, 4.69) is 18.7 Å². The Bertz CT molecular complexity index is 542. The van der Waals surface area contributed by atoms with E-state index in [0.717, 1.165) is 18.7 Å². The maximum atomic E-state index is 11.8. The van der Waals surface area contributed by atoms with Gasteiger partial charge in [0.1, 0.15) is 6.04 Å². The van der Waals surface area contributed by atoms with Crippen LogP contribution in [0.25, 0.3) is 0 Å². The summed E-state index contributed by atoms with van der Waals surface area (Å²) in [6.07, 6.45) is 0. The SMILES string of the molecule is COCC(C)(C)N1CCN(C(C(=O)O)c2cccc(Cl)c2)CC1. The molecule has 1 aromatic rings. The van der Waals surface area contributed by atoms with Crippen molar-refractivity contribution >= 4 is 17.6 Å². The van der Waals surface area contributed by atoms with Crippen LogP contribution in [0.3, 0.4) is 0 Å². The zero-order valence-corrected chi connectivity index (χ0v) is 14.7. The van der Waals surface area contributed by atoms with Gasteiger partial charge in [-0.2, -0.15) is 0 Å². The van der Waals surface area contributed by atoms with E-state index < -0.39 is 12.0 Å². The number of rotatable bonds is 6. The topological polar surface area (TPSA) is 53.0 Å². The number of nitrogens with zero attached hydrogens (tertiary/aromatic N) is 2. The van der Waals surface area contributed by atoms with Gasteiger partial charge in [-0.1, -0.05) is 23.7 Å². The first-order chi connectivity index (χ1) is 10.8. The van der Waals surface area contributed by atoms with E-state index in [9.17, 15) is 9.90 Å². The number of aliphatic carboxylic acids is 1. The van der Waals surface area contributed by atoms with Crippen molar-refractivity contribution in [2.45, 2.75) is 25.4 Å². The summed E-state index contributed by atoms with van der Waals surface area (Å²) in [6.45, 7) is 8.01. The Hall–Kier alpha value is -1.14. The summed E-state index contributed by atoms with van der Waals surface area (Å²) >= 11 is 6.02. The van der Waals surface area contributed by atoms with Gasteiger partial charge in [0, 0.05) is 43.9 Å². The predicted molar refractivity (Wildman–Crippen MR) is 90.9 cm³/mol. The summed E-state index contributed by atoms with van der Waals surface area (Å²) < 4.78 is 5.29. The van der Waals surface area contributed by atoms with Crippen LogP contribution in [0.15, 0.2) is 24.3 Å². The number of carboxylic acids is 1. The summed E-state index contributed by atoms with van der Waals surface area (Å²) in [5.74, 6) is -0.836. The minimum atomic E-state index is -0.836. The summed E-state index contributed by atoms with van der Waals surface area (Å²) in [5.41, 5.74) is 0.685. The van der Waals surface area contributed by atoms with Crippen LogP contribution in [0.2, 0.25) is 5.02 Å². The van der Waals surface area contributed by atoms with Crippen LogP contribution in [0.1, 0.15) is 25.5 Å². The summed E-state index contributed by atoms with van der Waals surface area (Å²) in [6, 6.07) is 6.47. The van der Waals surface area contributed by atoms with Crippen molar-refractivity contribution in [2.75, 3.05) is 39.9 Å². The number of hydrogen-bond donors (Lipinski definition) is 1. The summed E-state index contributed by atoms with van der Waals surface area (Å²) in [5, 5.41) is 10.2. The van der Waals surface area contributed by atoms with Crippen LogP contribution in [0.4, 0.5) is 0 Å². The Morgan fingerprint density at radius 3 is 2.52 bits per heavy atom. The molecule has 0 spiro atoms. The maximum Gasteiger partial charge on any atom is 0.325 e. The van der Waals surface area contributed by atoms with Crippen molar-refractivity contribution in [1.29, 1.82) is 0 Å². The van der Waals surface area contributed by atoms with Gasteiger partial charge in [-0.25, -0.2) is 0 Å². The summed E-state index contributed by atoms with van der Waals surface area (Å²) in [4.78, 5) is 16.1. The first kappa shape index (κ1) is 18.2. The minimum absolute atomic E-state index is 0.0460. The molecule has 2 rings (SSSR count). The lowest BCUT2D eigenvalue weighted by atomic mass is 10.0. The van der Waals surface area contributed by atoms with E-state index in [1.807, 2.05) is 11.0 Å². The molecule has 1 N–H and O–H groups in total. The molecule has 1 atom stereocenters. The van der Waals surface area contributed by atoms with Gasteiger partial charge in [-0.05, 0) is 31.5 Å². The molecule has 23 heavy (non-hydrogen) atoms. The van der Waals surface area contributed by atoms with Crippen LogP contribution in [0.5, 0.6) is 0 Å². The Kier molecular flexibility index (Phi) is 6.03. The molecule has 1 heterocycles. The van der Waals surface area contributed by atoms with Crippen LogP contribution in [-0.2, 0) is 9.53 Å². The minimum Gasteiger partial charge on any atom is -0.480 e. The molecule has 128 valence electrons.